The Kier molecular flexibility index (Phi) is 4.52. The summed E-state index contributed by atoms with van der Waals surface area (Å²) in [6.07, 6.45) is -0.401. The molecule has 0 radical (unpaired) electrons. The van der Waals surface area contributed by atoms with Crippen molar-refractivity contribution < 1.29 is 9.90 Å². The third kappa shape index (κ3) is 4.27. The molecule has 0 aliphatic rings. The van der Waals surface area contributed by atoms with Crippen LogP contribution in [-0.4, -0.2) is 27.6 Å². The molecule has 4 heteroatoms. The van der Waals surface area contributed by atoms with Crippen LogP contribution in [-0.2, 0) is 4.79 Å². The van der Waals surface area contributed by atoms with Crippen LogP contribution in [0.15, 0.2) is 0 Å². The van der Waals surface area contributed by atoms with Gasteiger partial charge in [-0.15, -0.1) is 11.8 Å². The molecule has 0 aromatic rings. The average molecular weight is 177 g/mol. The topological polar surface area (TPSA) is 63.3 Å². The van der Waals surface area contributed by atoms with Crippen LogP contribution in [0.25, 0.3) is 0 Å². The Labute approximate surface area is 71.3 Å². The smallest absolute Gasteiger partial charge is 0.230 e. The van der Waals surface area contributed by atoms with Gasteiger partial charge in [0, 0.05) is 5.25 Å². The summed E-state index contributed by atoms with van der Waals surface area (Å²) in [5.41, 5.74) is 5.04. The van der Waals surface area contributed by atoms with Crippen molar-refractivity contribution in [1.29, 1.82) is 0 Å². The number of hydrogen-bond donors (Lipinski definition) is 2. The lowest BCUT2D eigenvalue weighted by atomic mass is 10.3. The first-order chi connectivity index (χ1) is 4.95. The van der Waals surface area contributed by atoms with E-state index in [2.05, 4.69) is 0 Å². The monoisotopic (exact) mass is 177 g/mol. The van der Waals surface area contributed by atoms with Gasteiger partial charge in [0.15, 0.2) is 0 Å². The highest BCUT2D eigenvalue weighted by molar-refractivity contribution is 8.01. The summed E-state index contributed by atoms with van der Waals surface area (Å²) >= 11 is 1.39. The largest absolute Gasteiger partial charge is 0.392 e. The Morgan fingerprint density at radius 2 is 1.91 bits per heavy atom. The van der Waals surface area contributed by atoms with E-state index in [0.29, 0.717) is 0 Å². The molecule has 0 heterocycles. The molecule has 0 saturated heterocycles. The van der Waals surface area contributed by atoms with Crippen LogP contribution < -0.4 is 5.73 Å². The molecule has 1 amide bonds. The lowest BCUT2D eigenvalue weighted by Gasteiger charge is -2.16. The summed E-state index contributed by atoms with van der Waals surface area (Å²) < 4.78 is 0. The van der Waals surface area contributed by atoms with Gasteiger partial charge < -0.3 is 10.8 Å². The number of thioether (sulfide) groups is 1. The van der Waals surface area contributed by atoms with Gasteiger partial charge in [0.25, 0.3) is 0 Å². The van der Waals surface area contributed by atoms with E-state index >= 15 is 0 Å². The van der Waals surface area contributed by atoms with Crippen LogP contribution in [0.3, 0.4) is 0 Å². The molecular formula is C7H15NO2S. The lowest BCUT2D eigenvalue weighted by Crippen LogP contribution is -2.27. The molecule has 0 rings (SSSR count). The highest BCUT2D eigenvalue weighted by Crippen LogP contribution is 2.19. The zero-order chi connectivity index (χ0) is 9.02. The molecule has 0 saturated carbocycles. The first-order valence-electron chi connectivity index (χ1n) is 3.58. The van der Waals surface area contributed by atoms with E-state index in [1.165, 1.54) is 11.8 Å². The van der Waals surface area contributed by atoms with Gasteiger partial charge in [-0.1, -0.05) is 6.92 Å². The van der Waals surface area contributed by atoms with Gasteiger partial charge in [-0.05, 0) is 13.8 Å². The zero-order valence-electron chi connectivity index (χ0n) is 7.07. The van der Waals surface area contributed by atoms with Crippen molar-refractivity contribution >= 4 is 17.7 Å². The van der Waals surface area contributed by atoms with Gasteiger partial charge in [0.1, 0.15) is 0 Å². The maximum Gasteiger partial charge on any atom is 0.230 e. The van der Waals surface area contributed by atoms with Gasteiger partial charge in [-0.2, -0.15) is 0 Å². The van der Waals surface area contributed by atoms with E-state index in [1.807, 2.05) is 6.92 Å². The zero-order valence-corrected chi connectivity index (χ0v) is 7.89. The second kappa shape index (κ2) is 4.62. The molecule has 11 heavy (non-hydrogen) atoms. The maximum absolute atomic E-state index is 10.6. The van der Waals surface area contributed by atoms with Crippen LogP contribution in [0, 0.1) is 0 Å². The number of primary amides is 1. The number of amides is 1. The SMILES string of the molecule is CC(SC(C)C(C)O)C(N)=O. The van der Waals surface area contributed by atoms with E-state index in [1.54, 1.807) is 13.8 Å². The fourth-order valence-electron chi connectivity index (χ4n) is 0.503. The number of nitrogens with two attached hydrogens (primary N) is 1. The second-order valence-corrected chi connectivity index (χ2v) is 4.35. The third-order valence-electron chi connectivity index (χ3n) is 1.50. The first-order valence-corrected chi connectivity index (χ1v) is 4.52. The van der Waals surface area contributed by atoms with Gasteiger partial charge in [0.05, 0.1) is 11.4 Å². The summed E-state index contributed by atoms with van der Waals surface area (Å²) in [5.74, 6) is -0.331. The average Bonchev–Trinajstić information content (AvgIpc) is 1.87. The van der Waals surface area contributed by atoms with Crippen LogP contribution in [0.1, 0.15) is 20.8 Å². The van der Waals surface area contributed by atoms with Crippen molar-refractivity contribution in [2.75, 3.05) is 0 Å². The van der Waals surface area contributed by atoms with Gasteiger partial charge in [-0.3, -0.25) is 4.79 Å². The molecule has 3 unspecified atom stereocenters. The molecule has 0 fully saturated rings. The number of hydrogen-bond acceptors (Lipinski definition) is 3. The molecule has 3 nitrogen and oxygen atoms in total. The van der Waals surface area contributed by atoms with E-state index < -0.39 is 6.10 Å². The molecule has 0 bridgehead atoms. The maximum atomic E-state index is 10.6. The van der Waals surface area contributed by atoms with Crippen LogP contribution >= 0.6 is 11.8 Å². The number of aliphatic hydroxyl groups excluding tert-OH is 1. The Morgan fingerprint density at radius 1 is 1.45 bits per heavy atom. The lowest BCUT2D eigenvalue weighted by molar-refractivity contribution is -0.117. The van der Waals surface area contributed by atoms with Crippen LogP contribution in [0.2, 0.25) is 0 Å². The predicted molar refractivity (Wildman–Crippen MR) is 47.4 cm³/mol. The van der Waals surface area contributed by atoms with Crippen LogP contribution in [0.4, 0.5) is 0 Å². The van der Waals surface area contributed by atoms with Crippen molar-refractivity contribution in [3.05, 3.63) is 0 Å². The molecule has 3 atom stereocenters. The fourth-order valence-corrected chi connectivity index (χ4v) is 1.51. The normalized spacial score (nSPS) is 18.9. The quantitative estimate of drug-likeness (QED) is 0.652. The standard InChI is InChI=1S/C7H15NO2S/c1-4(9)5(2)11-6(3)7(8)10/h4-6,9H,1-3H3,(H2,8,10). The molecule has 0 aromatic carbocycles. The van der Waals surface area contributed by atoms with Crippen molar-refractivity contribution in [3.63, 3.8) is 0 Å². The van der Waals surface area contributed by atoms with E-state index in [4.69, 9.17) is 10.8 Å². The minimum atomic E-state index is -0.401. The first kappa shape index (κ1) is 10.8. The highest BCUT2D eigenvalue weighted by Gasteiger charge is 2.16. The Bertz CT molecular complexity index is 138. The minimum absolute atomic E-state index is 0.0532. The fraction of sp³-hybridized carbons (Fsp3) is 0.857. The molecular weight excluding hydrogens is 162 g/mol. The van der Waals surface area contributed by atoms with Gasteiger partial charge in [0.2, 0.25) is 5.91 Å². The summed E-state index contributed by atoms with van der Waals surface area (Å²) in [6, 6.07) is 0. The summed E-state index contributed by atoms with van der Waals surface area (Å²) in [4.78, 5) is 10.6. The Morgan fingerprint density at radius 3 is 2.18 bits per heavy atom. The summed E-state index contributed by atoms with van der Waals surface area (Å²) in [6.45, 7) is 5.31. The molecule has 0 aliphatic heterocycles. The number of carbonyl (C=O) groups is 1. The van der Waals surface area contributed by atoms with E-state index in [0.717, 1.165) is 0 Å². The molecule has 0 aromatic heterocycles. The molecule has 3 N–H and O–H groups in total. The number of rotatable bonds is 4. The number of aliphatic hydroxyl groups is 1. The molecule has 0 spiro atoms. The highest BCUT2D eigenvalue weighted by atomic mass is 32.2. The van der Waals surface area contributed by atoms with Crippen molar-refractivity contribution in [3.8, 4) is 0 Å². The summed E-state index contributed by atoms with van der Waals surface area (Å²) in [7, 11) is 0. The van der Waals surface area contributed by atoms with Crippen molar-refractivity contribution in [2.45, 2.75) is 37.4 Å². The second-order valence-electron chi connectivity index (χ2n) is 2.63. The summed E-state index contributed by atoms with van der Waals surface area (Å²) in [5, 5.41) is 8.91. The van der Waals surface area contributed by atoms with Gasteiger partial charge in [-0.25, -0.2) is 0 Å². The van der Waals surface area contributed by atoms with Crippen molar-refractivity contribution in [1.82, 2.24) is 0 Å². The van der Waals surface area contributed by atoms with Crippen LogP contribution in [0.5, 0.6) is 0 Å². The molecule has 0 aliphatic carbocycles. The van der Waals surface area contributed by atoms with Crippen molar-refractivity contribution in [2.24, 2.45) is 5.73 Å². The number of carbonyl (C=O) groups excluding carboxylic acids is 1. The third-order valence-corrected chi connectivity index (χ3v) is 2.96. The minimum Gasteiger partial charge on any atom is -0.392 e. The van der Waals surface area contributed by atoms with E-state index in [-0.39, 0.29) is 16.4 Å². The molecule has 66 valence electrons. The predicted octanol–water partition coefficient (Wildman–Crippen LogP) is 0.363. The Hall–Kier alpha value is -0.220. The van der Waals surface area contributed by atoms with E-state index in [9.17, 15) is 4.79 Å². The van der Waals surface area contributed by atoms with Gasteiger partial charge >= 0.3 is 0 Å². The Balaban J connectivity index is 3.75.